The molecule has 128 valence electrons. The van der Waals surface area contributed by atoms with Crippen LogP contribution in [-0.4, -0.2) is 32.5 Å². The molecule has 0 saturated carbocycles. The first-order valence-electron chi connectivity index (χ1n) is 7.95. The number of amides is 1. The van der Waals surface area contributed by atoms with E-state index in [4.69, 9.17) is 4.74 Å². The van der Waals surface area contributed by atoms with Gasteiger partial charge in [-0.25, -0.2) is 15.0 Å². The van der Waals surface area contributed by atoms with Crippen molar-refractivity contribution >= 4 is 22.9 Å². The van der Waals surface area contributed by atoms with Gasteiger partial charge in [0.1, 0.15) is 17.8 Å². The number of fused-ring (bicyclic) bond motifs is 1. The minimum atomic E-state index is -0.355. The first-order valence-corrected chi connectivity index (χ1v) is 7.95. The number of imidazole rings is 1. The van der Waals surface area contributed by atoms with Crippen LogP contribution in [0.1, 0.15) is 10.5 Å². The molecule has 0 radical (unpaired) electrons. The summed E-state index contributed by atoms with van der Waals surface area (Å²) in [5.41, 5.74) is 2.74. The average Bonchev–Trinajstić information content (AvgIpc) is 3.06. The Morgan fingerprint density at radius 2 is 2.00 bits per heavy atom. The fraction of sp³-hybridized carbons (Fsp3) is 0.0526. The molecule has 4 aromatic rings. The van der Waals surface area contributed by atoms with Gasteiger partial charge in [0.05, 0.1) is 23.8 Å². The van der Waals surface area contributed by atoms with Gasteiger partial charge in [-0.15, -0.1) is 0 Å². The number of hydrogen-bond acceptors (Lipinski definition) is 5. The highest BCUT2D eigenvalue weighted by molar-refractivity contribution is 6.03. The second-order valence-electron chi connectivity index (χ2n) is 5.51. The van der Waals surface area contributed by atoms with Gasteiger partial charge in [0.25, 0.3) is 5.91 Å². The molecule has 0 aliphatic heterocycles. The lowest BCUT2D eigenvalue weighted by atomic mass is 10.2. The number of aromatic nitrogens is 4. The third-order valence-corrected chi connectivity index (χ3v) is 3.91. The van der Waals surface area contributed by atoms with Crippen LogP contribution in [0.25, 0.3) is 16.7 Å². The third kappa shape index (κ3) is 2.86. The Labute approximate surface area is 149 Å². The molecule has 0 saturated heterocycles. The van der Waals surface area contributed by atoms with Crippen LogP contribution in [0.4, 0.5) is 5.95 Å². The molecular weight excluding hydrogens is 330 g/mol. The van der Waals surface area contributed by atoms with Crippen LogP contribution in [-0.2, 0) is 0 Å². The number of nitrogens with one attached hydrogen (secondary N) is 1. The van der Waals surface area contributed by atoms with Crippen molar-refractivity contribution in [2.24, 2.45) is 0 Å². The predicted octanol–water partition coefficient (Wildman–Crippen LogP) is 3.08. The van der Waals surface area contributed by atoms with E-state index >= 15 is 0 Å². The summed E-state index contributed by atoms with van der Waals surface area (Å²) in [7, 11) is 1.61. The van der Waals surface area contributed by atoms with Crippen LogP contribution in [0.2, 0.25) is 0 Å². The fourth-order valence-corrected chi connectivity index (χ4v) is 2.71. The van der Waals surface area contributed by atoms with Gasteiger partial charge in [0, 0.05) is 12.3 Å². The zero-order valence-corrected chi connectivity index (χ0v) is 14.0. The number of anilines is 1. The van der Waals surface area contributed by atoms with E-state index in [1.54, 1.807) is 13.2 Å². The number of nitrogens with zero attached hydrogens (tertiary/aromatic N) is 4. The van der Waals surface area contributed by atoms with Crippen molar-refractivity contribution in [3.8, 4) is 11.4 Å². The van der Waals surface area contributed by atoms with E-state index in [9.17, 15) is 4.79 Å². The minimum absolute atomic E-state index is 0.268. The van der Waals surface area contributed by atoms with E-state index in [0.29, 0.717) is 11.7 Å². The second-order valence-corrected chi connectivity index (χ2v) is 5.51. The number of para-hydroxylation sites is 2. The van der Waals surface area contributed by atoms with E-state index in [-0.39, 0.29) is 11.6 Å². The van der Waals surface area contributed by atoms with Gasteiger partial charge in [0.15, 0.2) is 0 Å². The van der Waals surface area contributed by atoms with Gasteiger partial charge in [-0.3, -0.25) is 14.7 Å². The Hall–Kier alpha value is -3.74. The van der Waals surface area contributed by atoms with Crippen molar-refractivity contribution in [1.82, 2.24) is 19.5 Å². The summed E-state index contributed by atoms with van der Waals surface area (Å²) >= 11 is 0. The van der Waals surface area contributed by atoms with Gasteiger partial charge in [0.2, 0.25) is 5.95 Å². The molecule has 4 rings (SSSR count). The van der Waals surface area contributed by atoms with E-state index in [2.05, 4.69) is 20.3 Å². The quantitative estimate of drug-likeness (QED) is 0.615. The van der Waals surface area contributed by atoms with Crippen LogP contribution < -0.4 is 10.1 Å². The number of hydrogen-bond donors (Lipinski definition) is 1. The normalized spacial score (nSPS) is 10.7. The lowest BCUT2D eigenvalue weighted by Crippen LogP contribution is -2.16. The van der Waals surface area contributed by atoms with Gasteiger partial charge >= 0.3 is 0 Å². The predicted molar refractivity (Wildman–Crippen MR) is 97.6 cm³/mol. The molecule has 2 heterocycles. The highest BCUT2D eigenvalue weighted by atomic mass is 16.5. The molecule has 26 heavy (non-hydrogen) atoms. The maximum atomic E-state index is 12.5. The zero-order valence-electron chi connectivity index (χ0n) is 14.0. The Kier molecular flexibility index (Phi) is 4.03. The molecule has 0 fully saturated rings. The molecule has 0 unspecified atom stereocenters. The Morgan fingerprint density at radius 3 is 2.81 bits per heavy atom. The van der Waals surface area contributed by atoms with Crippen molar-refractivity contribution in [2.45, 2.75) is 0 Å². The topological polar surface area (TPSA) is 81.9 Å². The van der Waals surface area contributed by atoms with Crippen molar-refractivity contribution in [3.63, 3.8) is 0 Å². The molecule has 7 nitrogen and oxygen atoms in total. The number of rotatable bonds is 4. The number of benzene rings is 2. The number of carbonyl (C=O) groups is 1. The molecule has 0 bridgehead atoms. The summed E-state index contributed by atoms with van der Waals surface area (Å²) < 4.78 is 7.19. The second kappa shape index (κ2) is 6.64. The number of carbonyl (C=O) groups excluding carboxylic acids is 1. The van der Waals surface area contributed by atoms with Gasteiger partial charge in [-0.2, -0.15) is 0 Å². The Balaban J connectivity index is 1.83. The summed E-state index contributed by atoms with van der Waals surface area (Å²) in [6.07, 6.45) is 2.85. The van der Waals surface area contributed by atoms with Gasteiger partial charge < -0.3 is 4.74 Å². The summed E-state index contributed by atoms with van der Waals surface area (Å²) in [4.78, 5) is 24.9. The maximum Gasteiger partial charge on any atom is 0.276 e. The molecule has 0 atom stereocenters. The van der Waals surface area contributed by atoms with Crippen LogP contribution in [0.5, 0.6) is 5.75 Å². The van der Waals surface area contributed by atoms with Crippen LogP contribution in [0.15, 0.2) is 67.1 Å². The molecular formula is C19H15N5O2. The average molecular weight is 345 g/mol. The smallest absolute Gasteiger partial charge is 0.276 e. The monoisotopic (exact) mass is 345 g/mol. The van der Waals surface area contributed by atoms with Crippen LogP contribution in [0.3, 0.4) is 0 Å². The molecule has 2 aromatic heterocycles. The Bertz CT molecular complexity index is 1080. The largest absolute Gasteiger partial charge is 0.497 e. The highest BCUT2D eigenvalue weighted by Gasteiger charge is 2.16. The standard InChI is InChI=1S/C19H15N5O2/c1-26-14-6-4-5-13(11-14)24-17-8-3-2-7-15(17)22-19(24)23-18(25)16-9-10-20-12-21-16/h2-12H,1H3,(H,22,23,25). The summed E-state index contributed by atoms with van der Waals surface area (Å²) in [6.45, 7) is 0. The summed E-state index contributed by atoms with van der Waals surface area (Å²) in [5.74, 6) is 0.767. The van der Waals surface area contributed by atoms with E-state index in [0.717, 1.165) is 16.7 Å². The Morgan fingerprint density at radius 1 is 1.12 bits per heavy atom. The fourth-order valence-electron chi connectivity index (χ4n) is 2.71. The molecule has 7 heteroatoms. The lowest BCUT2D eigenvalue weighted by molar-refractivity contribution is 0.102. The zero-order chi connectivity index (χ0) is 17.9. The molecule has 0 aliphatic carbocycles. The molecule has 0 aliphatic rings. The van der Waals surface area contributed by atoms with E-state index in [1.165, 1.54) is 12.5 Å². The molecule has 1 amide bonds. The van der Waals surface area contributed by atoms with Crippen molar-refractivity contribution in [2.75, 3.05) is 12.4 Å². The van der Waals surface area contributed by atoms with E-state index in [1.807, 2.05) is 53.1 Å². The number of methoxy groups -OCH3 is 1. The van der Waals surface area contributed by atoms with Crippen molar-refractivity contribution in [1.29, 1.82) is 0 Å². The van der Waals surface area contributed by atoms with Gasteiger partial charge in [-0.05, 0) is 30.3 Å². The summed E-state index contributed by atoms with van der Waals surface area (Å²) in [6, 6.07) is 16.8. The van der Waals surface area contributed by atoms with Gasteiger partial charge in [-0.1, -0.05) is 18.2 Å². The summed E-state index contributed by atoms with van der Waals surface area (Å²) in [5, 5.41) is 2.83. The van der Waals surface area contributed by atoms with Crippen LogP contribution >= 0.6 is 0 Å². The number of ether oxygens (including phenoxy) is 1. The van der Waals surface area contributed by atoms with Crippen molar-refractivity contribution in [3.05, 3.63) is 72.8 Å². The third-order valence-electron chi connectivity index (χ3n) is 3.91. The minimum Gasteiger partial charge on any atom is -0.497 e. The lowest BCUT2D eigenvalue weighted by Gasteiger charge is -2.11. The van der Waals surface area contributed by atoms with E-state index < -0.39 is 0 Å². The van der Waals surface area contributed by atoms with Crippen molar-refractivity contribution < 1.29 is 9.53 Å². The SMILES string of the molecule is COc1cccc(-n2c(NC(=O)c3ccncn3)nc3ccccc32)c1. The first kappa shape index (κ1) is 15.8. The molecule has 0 spiro atoms. The molecule has 2 aromatic carbocycles. The first-order chi connectivity index (χ1) is 12.8. The van der Waals surface area contributed by atoms with Crippen LogP contribution in [0, 0.1) is 0 Å². The maximum absolute atomic E-state index is 12.5. The molecule has 1 N–H and O–H groups in total. The highest BCUT2D eigenvalue weighted by Crippen LogP contribution is 2.27.